The van der Waals surface area contributed by atoms with E-state index < -0.39 is 11.4 Å². The van der Waals surface area contributed by atoms with Gasteiger partial charge in [-0.25, -0.2) is 4.79 Å². The van der Waals surface area contributed by atoms with Crippen LogP contribution in [0.3, 0.4) is 0 Å². The third-order valence-corrected chi connectivity index (χ3v) is 2.97. The minimum atomic E-state index is -1.33. The van der Waals surface area contributed by atoms with Gasteiger partial charge >= 0.3 is 5.97 Å². The normalized spacial score (nSPS) is 24.0. The molecule has 5 heteroatoms. The largest absolute Gasteiger partial charge is 0.489 e. The second kappa shape index (κ2) is 4.47. The summed E-state index contributed by atoms with van der Waals surface area (Å²) in [7, 11) is 1.29. The number of carboxylic acid groups (broad SMARTS) is 1. The monoisotopic (exact) mass is 213 g/mol. The Morgan fingerprint density at radius 2 is 2.33 bits per heavy atom. The maximum atomic E-state index is 11.2. The zero-order chi connectivity index (χ0) is 11.5. The van der Waals surface area contributed by atoms with Crippen molar-refractivity contribution in [2.75, 3.05) is 13.7 Å². The number of hydrogen-bond donors (Lipinski definition) is 2. The summed E-state index contributed by atoms with van der Waals surface area (Å²) in [6, 6.07) is -0.272. The Hall–Kier alpha value is -1.32. The molecule has 0 radical (unpaired) electrons. The minimum Gasteiger partial charge on any atom is -0.489 e. The van der Waals surface area contributed by atoms with Gasteiger partial charge < -0.3 is 15.2 Å². The van der Waals surface area contributed by atoms with Gasteiger partial charge in [-0.05, 0) is 26.3 Å². The number of carbonyl (C=O) groups is 1. The lowest BCUT2D eigenvalue weighted by molar-refractivity contribution is -0.149. The first-order valence-corrected chi connectivity index (χ1v) is 4.83. The van der Waals surface area contributed by atoms with E-state index in [1.807, 2.05) is 0 Å². The van der Waals surface area contributed by atoms with Crippen molar-refractivity contribution < 1.29 is 19.4 Å². The molecular weight excluding hydrogens is 198 g/mol. The van der Waals surface area contributed by atoms with E-state index in [1.165, 1.54) is 14.0 Å². The van der Waals surface area contributed by atoms with Gasteiger partial charge in [-0.1, -0.05) is 0 Å². The highest BCUT2D eigenvalue weighted by Gasteiger charge is 2.48. The molecule has 2 N–H and O–H groups in total. The number of aliphatic carboxylic acids is 1. The van der Waals surface area contributed by atoms with Crippen molar-refractivity contribution in [1.82, 2.24) is 5.32 Å². The smallest absolute Gasteiger partial charge is 0.319 e. The van der Waals surface area contributed by atoms with E-state index >= 15 is 0 Å². The first kappa shape index (κ1) is 11.8. The molecule has 0 spiro atoms. The van der Waals surface area contributed by atoms with Crippen LogP contribution in [0.2, 0.25) is 0 Å². The van der Waals surface area contributed by atoms with E-state index in [0.29, 0.717) is 0 Å². The molecule has 0 amide bonds. The topological polar surface area (TPSA) is 75.6 Å². The van der Waals surface area contributed by atoms with Crippen molar-refractivity contribution in [3.63, 3.8) is 0 Å². The summed E-state index contributed by atoms with van der Waals surface area (Å²) in [6.07, 6.45) is 1.63. The number of methoxy groups -OCH3 is 1. The highest BCUT2D eigenvalue weighted by molar-refractivity contribution is 5.82. The average Bonchev–Trinajstić information content (AvgIpc) is 2.72. The number of carbonyl (C=O) groups excluding carboxylic acids is 1. The van der Waals surface area contributed by atoms with E-state index in [4.69, 9.17) is 4.74 Å². The van der Waals surface area contributed by atoms with Gasteiger partial charge in [-0.15, -0.1) is 0 Å². The molecule has 2 unspecified atom stereocenters. The molecular formula is C10H15NO4. The number of nitrogens with one attached hydrogen (secondary N) is 1. The Bertz CT molecular complexity index is 303. The Balaban J connectivity index is 3.06. The summed E-state index contributed by atoms with van der Waals surface area (Å²) in [5, 5.41) is 12.3. The molecule has 0 saturated carbocycles. The van der Waals surface area contributed by atoms with Crippen molar-refractivity contribution >= 4 is 11.9 Å². The molecule has 1 aliphatic heterocycles. The van der Waals surface area contributed by atoms with Gasteiger partial charge in [0, 0.05) is 6.04 Å². The van der Waals surface area contributed by atoms with Crippen LogP contribution in [0.25, 0.3) is 0 Å². The van der Waals surface area contributed by atoms with Crippen LogP contribution in [-0.2, 0) is 14.3 Å². The number of carboxylic acids is 1. The fraction of sp³-hybridized carbons (Fsp3) is 0.700. The van der Waals surface area contributed by atoms with Crippen LogP contribution in [-0.4, -0.2) is 36.7 Å². The van der Waals surface area contributed by atoms with Crippen LogP contribution in [0.5, 0.6) is 0 Å². The van der Waals surface area contributed by atoms with Crippen molar-refractivity contribution in [2.45, 2.75) is 25.8 Å². The molecule has 1 fully saturated rings. The van der Waals surface area contributed by atoms with Crippen LogP contribution >= 0.6 is 0 Å². The van der Waals surface area contributed by atoms with Gasteiger partial charge in [0.1, 0.15) is 5.41 Å². The van der Waals surface area contributed by atoms with E-state index in [1.54, 1.807) is 5.94 Å². The summed E-state index contributed by atoms with van der Waals surface area (Å²) in [5.74, 6) is 0.349. The van der Waals surface area contributed by atoms with Gasteiger partial charge in [-0.3, -0.25) is 4.79 Å². The van der Waals surface area contributed by atoms with E-state index in [9.17, 15) is 14.7 Å². The van der Waals surface area contributed by atoms with Gasteiger partial charge in [0.25, 0.3) is 0 Å². The maximum Gasteiger partial charge on any atom is 0.319 e. The third-order valence-electron chi connectivity index (χ3n) is 2.97. The standard InChI is InChI=1S/C10H15NO4/c1-10(9(13)14,8(6-12)15-2)7-4-3-5-11-7/h7,11H,3-5H2,1-2H3,(H,13,14). The molecule has 0 aromatic heterocycles. The zero-order valence-electron chi connectivity index (χ0n) is 8.87. The Morgan fingerprint density at radius 1 is 1.67 bits per heavy atom. The van der Waals surface area contributed by atoms with Gasteiger partial charge in [0.15, 0.2) is 11.7 Å². The molecule has 0 aromatic carbocycles. The van der Waals surface area contributed by atoms with Crippen LogP contribution in [0.1, 0.15) is 19.8 Å². The second-order valence-electron chi connectivity index (χ2n) is 3.79. The Kier molecular flexibility index (Phi) is 3.50. The van der Waals surface area contributed by atoms with Gasteiger partial charge in [0.2, 0.25) is 0 Å². The molecule has 1 aliphatic rings. The van der Waals surface area contributed by atoms with Crippen LogP contribution < -0.4 is 5.32 Å². The summed E-state index contributed by atoms with van der Waals surface area (Å²) < 4.78 is 4.81. The number of rotatable bonds is 4. The molecule has 1 saturated heterocycles. The molecule has 84 valence electrons. The van der Waals surface area contributed by atoms with Crippen molar-refractivity contribution in [2.24, 2.45) is 5.41 Å². The summed E-state index contributed by atoms with van der Waals surface area (Å²) >= 11 is 0. The first-order valence-electron chi connectivity index (χ1n) is 4.83. The maximum absolute atomic E-state index is 11.2. The second-order valence-corrected chi connectivity index (χ2v) is 3.79. The number of ether oxygens (including phenoxy) is 1. The molecule has 5 nitrogen and oxygen atoms in total. The average molecular weight is 213 g/mol. The molecule has 0 aliphatic carbocycles. The zero-order valence-corrected chi connectivity index (χ0v) is 8.87. The summed E-state index contributed by atoms with van der Waals surface area (Å²) in [5.41, 5.74) is -1.33. The lowest BCUT2D eigenvalue weighted by Crippen LogP contribution is -2.47. The van der Waals surface area contributed by atoms with Gasteiger partial charge in [0.05, 0.1) is 7.11 Å². The van der Waals surface area contributed by atoms with Crippen molar-refractivity contribution in [1.29, 1.82) is 0 Å². The highest BCUT2D eigenvalue weighted by Crippen LogP contribution is 2.34. The quantitative estimate of drug-likeness (QED) is 0.515. The molecule has 1 heterocycles. The predicted octanol–water partition coefficient (Wildman–Crippen LogP) is 0.191. The molecule has 1 rings (SSSR count). The predicted molar refractivity (Wildman–Crippen MR) is 53.0 cm³/mol. The first-order chi connectivity index (χ1) is 7.07. The molecule has 0 bridgehead atoms. The van der Waals surface area contributed by atoms with Gasteiger partial charge in [-0.2, -0.15) is 0 Å². The lowest BCUT2D eigenvalue weighted by Gasteiger charge is -2.30. The minimum absolute atomic E-state index is 0.158. The number of hydrogen-bond acceptors (Lipinski definition) is 4. The van der Waals surface area contributed by atoms with Crippen molar-refractivity contribution in [3.05, 3.63) is 5.76 Å². The van der Waals surface area contributed by atoms with E-state index in [-0.39, 0.29) is 11.8 Å². The molecule has 15 heavy (non-hydrogen) atoms. The van der Waals surface area contributed by atoms with E-state index in [0.717, 1.165) is 19.4 Å². The van der Waals surface area contributed by atoms with Crippen molar-refractivity contribution in [3.8, 4) is 0 Å². The Labute approximate surface area is 88.1 Å². The van der Waals surface area contributed by atoms with Crippen LogP contribution in [0, 0.1) is 5.41 Å². The molecule has 2 atom stereocenters. The lowest BCUT2D eigenvalue weighted by atomic mass is 9.80. The van der Waals surface area contributed by atoms with E-state index in [2.05, 4.69) is 5.32 Å². The third kappa shape index (κ3) is 1.89. The van der Waals surface area contributed by atoms with Crippen LogP contribution in [0.15, 0.2) is 5.76 Å². The Morgan fingerprint density at radius 3 is 2.67 bits per heavy atom. The summed E-state index contributed by atoms with van der Waals surface area (Å²) in [6.45, 7) is 2.26. The fourth-order valence-electron chi connectivity index (χ4n) is 1.94. The SMILES string of the molecule is COC(=C=O)C(C)(C(=O)O)C1CCCN1. The summed E-state index contributed by atoms with van der Waals surface area (Å²) in [4.78, 5) is 21.9. The molecule has 0 aromatic rings. The van der Waals surface area contributed by atoms with Crippen LogP contribution in [0.4, 0.5) is 0 Å². The highest BCUT2D eigenvalue weighted by atomic mass is 16.5. The fourth-order valence-corrected chi connectivity index (χ4v) is 1.94.